The van der Waals surface area contributed by atoms with Gasteiger partial charge in [-0.15, -0.1) is 0 Å². The zero-order valence-corrected chi connectivity index (χ0v) is 17.1. The molecule has 1 amide bonds. The monoisotopic (exact) mass is 467 g/mol. The molecule has 0 saturated carbocycles. The molecular weight excluding hydrogens is 454 g/mol. The molecule has 2 rings (SSSR count). The Morgan fingerprint density at radius 2 is 1.86 bits per heavy atom. The highest BCUT2D eigenvalue weighted by Crippen LogP contribution is 2.32. The number of nitrogens with zero attached hydrogens (tertiary/aromatic N) is 2. The van der Waals surface area contributed by atoms with E-state index in [1.807, 2.05) is 0 Å². The molecule has 0 radical (unpaired) electrons. The standard InChI is InChI=1S/C17H14Cl2F3N3O3S/c1-29(27,28)25(13-4-2-3-12(8-13)17(20,21)22)10-16(26)24-23-9-11-5-6-14(18)15(19)7-11/h2-9H,10H2,1H3,(H,24,26)/b23-9-. The molecule has 0 atom stereocenters. The van der Waals surface area contributed by atoms with Gasteiger partial charge < -0.3 is 0 Å². The first-order valence-electron chi connectivity index (χ1n) is 7.80. The van der Waals surface area contributed by atoms with Gasteiger partial charge in [-0.1, -0.05) is 35.3 Å². The van der Waals surface area contributed by atoms with Crippen molar-refractivity contribution in [3.05, 3.63) is 63.6 Å². The van der Waals surface area contributed by atoms with Gasteiger partial charge in [0.25, 0.3) is 5.91 Å². The molecular formula is C17H14Cl2F3N3O3S. The number of hydrogen-bond donors (Lipinski definition) is 1. The highest BCUT2D eigenvalue weighted by molar-refractivity contribution is 7.92. The van der Waals surface area contributed by atoms with Crippen LogP contribution in [0.1, 0.15) is 11.1 Å². The Bertz CT molecular complexity index is 1040. The highest BCUT2D eigenvalue weighted by Gasteiger charge is 2.31. The van der Waals surface area contributed by atoms with Crippen molar-refractivity contribution in [2.45, 2.75) is 6.18 Å². The fourth-order valence-corrected chi connectivity index (χ4v) is 3.33. The van der Waals surface area contributed by atoms with Crippen molar-refractivity contribution in [1.82, 2.24) is 5.43 Å². The summed E-state index contributed by atoms with van der Waals surface area (Å²) in [5, 5.41) is 4.27. The van der Waals surface area contributed by atoms with Gasteiger partial charge in [-0.05, 0) is 35.9 Å². The van der Waals surface area contributed by atoms with Crippen LogP contribution in [0.5, 0.6) is 0 Å². The van der Waals surface area contributed by atoms with Gasteiger partial charge in [0.1, 0.15) is 6.54 Å². The minimum absolute atomic E-state index is 0.273. The maximum absolute atomic E-state index is 12.9. The van der Waals surface area contributed by atoms with E-state index in [1.165, 1.54) is 18.3 Å². The number of nitrogens with one attached hydrogen (secondary N) is 1. The van der Waals surface area contributed by atoms with Gasteiger partial charge >= 0.3 is 6.18 Å². The summed E-state index contributed by atoms with van der Waals surface area (Å²) >= 11 is 11.6. The first-order chi connectivity index (χ1) is 13.4. The molecule has 156 valence electrons. The molecule has 2 aromatic rings. The Labute approximate surface area is 175 Å². The molecule has 0 saturated heterocycles. The molecule has 0 aliphatic rings. The fraction of sp³-hybridized carbons (Fsp3) is 0.176. The number of anilines is 1. The molecule has 0 spiro atoms. The lowest BCUT2D eigenvalue weighted by molar-refractivity contribution is -0.137. The van der Waals surface area contributed by atoms with E-state index >= 15 is 0 Å². The summed E-state index contributed by atoms with van der Waals surface area (Å²) in [6.45, 7) is -0.765. The second kappa shape index (κ2) is 9.02. The number of carbonyl (C=O) groups is 1. The zero-order chi connectivity index (χ0) is 21.8. The summed E-state index contributed by atoms with van der Waals surface area (Å²) in [6.07, 6.45) is -2.64. The third-order valence-corrected chi connectivity index (χ3v) is 5.38. The first-order valence-corrected chi connectivity index (χ1v) is 10.4. The summed E-state index contributed by atoms with van der Waals surface area (Å²) in [5.74, 6) is -0.857. The molecule has 0 heterocycles. The van der Waals surface area contributed by atoms with Crippen LogP contribution in [0, 0.1) is 0 Å². The average Bonchev–Trinajstić information content (AvgIpc) is 2.61. The van der Waals surface area contributed by atoms with Crippen molar-refractivity contribution in [2.24, 2.45) is 5.10 Å². The third-order valence-electron chi connectivity index (χ3n) is 3.50. The smallest absolute Gasteiger partial charge is 0.271 e. The van der Waals surface area contributed by atoms with E-state index in [1.54, 1.807) is 6.07 Å². The van der Waals surface area contributed by atoms with Crippen LogP contribution < -0.4 is 9.73 Å². The van der Waals surface area contributed by atoms with Crippen LogP contribution >= 0.6 is 23.2 Å². The summed E-state index contributed by atoms with van der Waals surface area (Å²) in [5.41, 5.74) is 1.28. The number of benzene rings is 2. The number of halogens is 5. The molecule has 2 aromatic carbocycles. The maximum atomic E-state index is 12.9. The lowest BCUT2D eigenvalue weighted by atomic mass is 10.2. The van der Waals surface area contributed by atoms with Gasteiger partial charge in [0.2, 0.25) is 10.0 Å². The van der Waals surface area contributed by atoms with Crippen LogP contribution in [0.3, 0.4) is 0 Å². The van der Waals surface area contributed by atoms with E-state index < -0.39 is 34.2 Å². The molecule has 1 N–H and O–H groups in total. The number of hydrogen-bond acceptors (Lipinski definition) is 4. The molecule has 0 unspecified atom stereocenters. The first kappa shape index (κ1) is 23.0. The summed E-state index contributed by atoms with van der Waals surface area (Å²) < 4.78 is 63.2. The lowest BCUT2D eigenvalue weighted by Gasteiger charge is -2.22. The van der Waals surface area contributed by atoms with Gasteiger partial charge in [-0.3, -0.25) is 9.10 Å². The van der Waals surface area contributed by atoms with Crippen LogP contribution in [-0.4, -0.2) is 33.3 Å². The van der Waals surface area contributed by atoms with Crippen molar-refractivity contribution in [1.29, 1.82) is 0 Å². The Balaban J connectivity index is 2.15. The number of sulfonamides is 1. The van der Waals surface area contributed by atoms with Crippen molar-refractivity contribution in [3.63, 3.8) is 0 Å². The number of amides is 1. The molecule has 29 heavy (non-hydrogen) atoms. The predicted octanol–water partition coefficient (Wildman–Crippen LogP) is 3.93. The summed E-state index contributed by atoms with van der Waals surface area (Å²) in [6, 6.07) is 8.24. The van der Waals surface area contributed by atoms with E-state index in [4.69, 9.17) is 23.2 Å². The molecule has 0 fully saturated rings. The normalized spacial score (nSPS) is 12.2. The largest absolute Gasteiger partial charge is 0.416 e. The number of carbonyl (C=O) groups excluding carboxylic acids is 1. The second-order valence-corrected chi connectivity index (χ2v) is 8.51. The number of rotatable bonds is 6. The van der Waals surface area contributed by atoms with Crippen LogP contribution in [0.2, 0.25) is 10.0 Å². The van der Waals surface area contributed by atoms with E-state index in [0.29, 0.717) is 21.0 Å². The van der Waals surface area contributed by atoms with E-state index in [0.717, 1.165) is 24.5 Å². The van der Waals surface area contributed by atoms with E-state index in [9.17, 15) is 26.4 Å². The van der Waals surface area contributed by atoms with Crippen LogP contribution in [0.15, 0.2) is 47.6 Å². The minimum atomic E-state index is -4.66. The predicted molar refractivity (Wildman–Crippen MR) is 106 cm³/mol. The van der Waals surface area contributed by atoms with Crippen LogP contribution in [0.4, 0.5) is 18.9 Å². The van der Waals surface area contributed by atoms with E-state index in [-0.39, 0.29) is 10.7 Å². The molecule has 0 bridgehead atoms. The molecule has 0 aliphatic carbocycles. The Hall–Kier alpha value is -2.30. The molecule has 0 aliphatic heterocycles. The van der Waals surface area contributed by atoms with Gasteiger partial charge in [0.05, 0.1) is 33.8 Å². The van der Waals surface area contributed by atoms with Crippen molar-refractivity contribution in [3.8, 4) is 0 Å². The SMILES string of the molecule is CS(=O)(=O)N(CC(=O)N/N=C\c1ccc(Cl)c(Cl)c1)c1cccc(C(F)(F)F)c1. The quantitative estimate of drug-likeness (QED) is 0.516. The number of hydrazone groups is 1. The van der Waals surface area contributed by atoms with Gasteiger partial charge in [0, 0.05) is 0 Å². The van der Waals surface area contributed by atoms with Crippen molar-refractivity contribution < 1.29 is 26.4 Å². The van der Waals surface area contributed by atoms with Crippen LogP contribution in [0.25, 0.3) is 0 Å². The summed E-state index contributed by atoms with van der Waals surface area (Å²) in [4.78, 5) is 12.1. The minimum Gasteiger partial charge on any atom is -0.271 e. The Kier molecular flexibility index (Phi) is 7.15. The Morgan fingerprint density at radius 1 is 1.17 bits per heavy atom. The lowest BCUT2D eigenvalue weighted by Crippen LogP contribution is -2.39. The average molecular weight is 468 g/mol. The van der Waals surface area contributed by atoms with Gasteiger partial charge in [-0.2, -0.15) is 18.3 Å². The van der Waals surface area contributed by atoms with Crippen molar-refractivity contribution in [2.75, 3.05) is 17.1 Å². The second-order valence-electron chi connectivity index (χ2n) is 5.78. The molecule has 0 aromatic heterocycles. The molecule has 6 nitrogen and oxygen atoms in total. The van der Waals surface area contributed by atoms with Gasteiger partial charge in [0.15, 0.2) is 0 Å². The maximum Gasteiger partial charge on any atom is 0.416 e. The van der Waals surface area contributed by atoms with Crippen molar-refractivity contribution >= 4 is 51.0 Å². The fourth-order valence-electron chi connectivity index (χ4n) is 2.17. The highest BCUT2D eigenvalue weighted by atomic mass is 35.5. The topological polar surface area (TPSA) is 78.8 Å². The zero-order valence-electron chi connectivity index (χ0n) is 14.7. The van der Waals surface area contributed by atoms with Crippen LogP contribution in [-0.2, 0) is 21.0 Å². The van der Waals surface area contributed by atoms with Gasteiger partial charge in [-0.25, -0.2) is 13.8 Å². The Morgan fingerprint density at radius 3 is 2.45 bits per heavy atom. The number of alkyl halides is 3. The summed E-state index contributed by atoms with van der Waals surface area (Å²) in [7, 11) is -4.04. The van der Waals surface area contributed by atoms with E-state index in [2.05, 4.69) is 10.5 Å². The molecule has 12 heteroatoms. The third kappa shape index (κ3) is 6.62.